The zero-order chi connectivity index (χ0) is 13.5. The van der Waals surface area contributed by atoms with E-state index in [1.807, 2.05) is 6.07 Å². The molecule has 1 heterocycles. The zero-order valence-electron chi connectivity index (χ0n) is 10.8. The topological polar surface area (TPSA) is 49.3 Å². The van der Waals surface area contributed by atoms with Gasteiger partial charge in [0.05, 0.1) is 6.42 Å². The summed E-state index contributed by atoms with van der Waals surface area (Å²) < 4.78 is 1.15. The molecule has 1 aliphatic heterocycles. The van der Waals surface area contributed by atoms with Crippen LogP contribution in [0.5, 0.6) is 0 Å². The highest BCUT2D eigenvalue weighted by Gasteiger charge is 2.45. The van der Waals surface area contributed by atoms with Crippen molar-refractivity contribution < 1.29 is 9.90 Å². The molecule has 2 N–H and O–H groups in total. The molecule has 3 nitrogen and oxygen atoms in total. The highest BCUT2D eigenvalue weighted by molar-refractivity contribution is 9.10. The van der Waals surface area contributed by atoms with Gasteiger partial charge in [0.2, 0.25) is 0 Å². The number of carboxylic acids is 1. The van der Waals surface area contributed by atoms with Gasteiger partial charge in [0.25, 0.3) is 0 Å². The van der Waals surface area contributed by atoms with Gasteiger partial charge in [-0.05, 0) is 60.9 Å². The Morgan fingerprint density at radius 2 is 2.16 bits per heavy atom. The fourth-order valence-electron chi connectivity index (χ4n) is 3.88. The molecule has 0 radical (unpaired) electrons. The summed E-state index contributed by atoms with van der Waals surface area (Å²) >= 11 is 3.68. The number of halogens is 1. The monoisotopic (exact) mass is 323 g/mol. The quantitative estimate of drug-likeness (QED) is 0.879. The van der Waals surface area contributed by atoms with Crippen LogP contribution >= 0.6 is 15.9 Å². The molecule has 1 aromatic carbocycles. The number of nitrogens with one attached hydrogen (secondary N) is 1. The number of carboxylic acid groups (broad SMARTS) is 1. The third-order valence-electron chi connectivity index (χ3n) is 4.63. The molecule has 4 heteroatoms. The SMILES string of the molecule is O=C(O)CC1CC2(CCNCC2)c2c(Br)cccc21. The minimum atomic E-state index is -0.693. The summed E-state index contributed by atoms with van der Waals surface area (Å²) in [6, 6.07) is 6.23. The van der Waals surface area contributed by atoms with E-state index in [4.69, 9.17) is 5.11 Å². The second-order valence-electron chi connectivity index (χ2n) is 5.73. The molecule has 0 bridgehead atoms. The van der Waals surface area contributed by atoms with Gasteiger partial charge in [-0.15, -0.1) is 0 Å². The largest absolute Gasteiger partial charge is 0.481 e. The summed E-state index contributed by atoms with van der Waals surface area (Å²) in [6.45, 7) is 2.06. The van der Waals surface area contributed by atoms with E-state index >= 15 is 0 Å². The van der Waals surface area contributed by atoms with Crippen molar-refractivity contribution in [2.75, 3.05) is 13.1 Å². The van der Waals surface area contributed by atoms with Crippen LogP contribution in [0, 0.1) is 0 Å². The molecule has 1 saturated heterocycles. The van der Waals surface area contributed by atoms with Crippen LogP contribution < -0.4 is 5.32 Å². The van der Waals surface area contributed by atoms with Crippen LogP contribution in [0.15, 0.2) is 22.7 Å². The lowest BCUT2D eigenvalue weighted by atomic mass is 9.73. The first-order chi connectivity index (χ1) is 9.12. The van der Waals surface area contributed by atoms with E-state index in [0.29, 0.717) is 0 Å². The van der Waals surface area contributed by atoms with Crippen LogP contribution in [0.3, 0.4) is 0 Å². The van der Waals surface area contributed by atoms with E-state index in [0.717, 1.165) is 36.8 Å². The summed E-state index contributed by atoms with van der Waals surface area (Å²) in [6.07, 6.45) is 3.45. The van der Waals surface area contributed by atoms with Crippen molar-refractivity contribution in [3.63, 3.8) is 0 Å². The smallest absolute Gasteiger partial charge is 0.303 e. The second kappa shape index (κ2) is 4.91. The average molecular weight is 324 g/mol. The van der Waals surface area contributed by atoms with E-state index in [-0.39, 0.29) is 17.8 Å². The fourth-order valence-corrected chi connectivity index (χ4v) is 4.68. The van der Waals surface area contributed by atoms with Crippen molar-refractivity contribution in [3.8, 4) is 0 Å². The van der Waals surface area contributed by atoms with Gasteiger partial charge in [-0.3, -0.25) is 4.79 Å². The molecule has 1 unspecified atom stereocenters. The van der Waals surface area contributed by atoms with Crippen molar-refractivity contribution >= 4 is 21.9 Å². The minimum absolute atomic E-state index is 0.170. The van der Waals surface area contributed by atoms with Crippen molar-refractivity contribution in [2.24, 2.45) is 0 Å². The fraction of sp³-hybridized carbons (Fsp3) is 0.533. The van der Waals surface area contributed by atoms with E-state index in [9.17, 15) is 4.79 Å². The molecular weight excluding hydrogens is 306 g/mol. The molecule has 0 aromatic heterocycles. The molecule has 102 valence electrons. The van der Waals surface area contributed by atoms with Crippen LogP contribution in [0.4, 0.5) is 0 Å². The van der Waals surface area contributed by atoms with Gasteiger partial charge in [-0.2, -0.15) is 0 Å². The number of carbonyl (C=O) groups is 1. The third-order valence-corrected chi connectivity index (χ3v) is 5.30. The van der Waals surface area contributed by atoms with Crippen molar-refractivity contribution in [2.45, 2.75) is 37.0 Å². The van der Waals surface area contributed by atoms with Gasteiger partial charge in [0.15, 0.2) is 0 Å². The van der Waals surface area contributed by atoms with Gasteiger partial charge in [0.1, 0.15) is 0 Å². The number of rotatable bonds is 2. The summed E-state index contributed by atoms with van der Waals surface area (Å²) in [5.74, 6) is -0.523. The first-order valence-electron chi connectivity index (χ1n) is 6.84. The van der Waals surface area contributed by atoms with E-state index < -0.39 is 5.97 Å². The highest BCUT2D eigenvalue weighted by atomic mass is 79.9. The second-order valence-corrected chi connectivity index (χ2v) is 6.59. The van der Waals surface area contributed by atoms with Crippen LogP contribution in [0.1, 0.15) is 42.7 Å². The maximum atomic E-state index is 11.1. The van der Waals surface area contributed by atoms with Crippen LogP contribution in [-0.4, -0.2) is 24.2 Å². The molecule has 1 aromatic rings. The number of hydrogen-bond acceptors (Lipinski definition) is 2. The number of fused-ring (bicyclic) bond motifs is 2. The Bertz CT molecular complexity index is 509. The lowest BCUT2D eigenvalue weighted by Crippen LogP contribution is -2.38. The van der Waals surface area contributed by atoms with Gasteiger partial charge in [-0.1, -0.05) is 28.1 Å². The summed E-state index contributed by atoms with van der Waals surface area (Å²) in [5, 5.41) is 12.5. The number of aliphatic carboxylic acids is 1. The molecule has 0 amide bonds. The molecule has 0 saturated carbocycles. The first kappa shape index (κ1) is 13.1. The molecular formula is C15H18BrNO2. The van der Waals surface area contributed by atoms with Crippen LogP contribution in [0.25, 0.3) is 0 Å². The standard InChI is InChI=1S/C15H18BrNO2/c16-12-3-1-2-11-10(8-13(18)19)9-15(14(11)12)4-6-17-7-5-15/h1-3,10,17H,4-9H2,(H,18,19). The average Bonchev–Trinajstić information content (AvgIpc) is 2.65. The van der Waals surface area contributed by atoms with Gasteiger partial charge in [-0.25, -0.2) is 0 Å². The van der Waals surface area contributed by atoms with Crippen molar-refractivity contribution in [3.05, 3.63) is 33.8 Å². The molecule has 2 aliphatic rings. The number of piperidine rings is 1. The Balaban J connectivity index is 2.05. The Kier molecular flexibility index (Phi) is 3.39. The lowest BCUT2D eigenvalue weighted by molar-refractivity contribution is -0.137. The Morgan fingerprint density at radius 1 is 1.42 bits per heavy atom. The minimum Gasteiger partial charge on any atom is -0.481 e. The lowest BCUT2D eigenvalue weighted by Gasteiger charge is -2.36. The first-order valence-corrected chi connectivity index (χ1v) is 7.63. The van der Waals surface area contributed by atoms with E-state index in [1.54, 1.807) is 0 Å². The van der Waals surface area contributed by atoms with Gasteiger partial charge >= 0.3 is 5.97 Å². The van der Waals surface area contributed by atoms with Crippen molar-refractivity contribution in [1.82, 2.24) is 5.32 Å². The van der Waals surface area contributed by atoms with Gasteiger partial charge in [0, 0.05) is 4.47 Å². The summed E-state index contributed by atoms with van der Waals surface area (Å²) in [5.41, 5.74) is 2.81. The normalized spacial score (nSPS) is 24.4. The van der Waals surface area contributed by atoms with Gasteiger partial charge < -0.3 is 10.4 Å². The van der Waals surface area contributed by atoms with Crippen LogP contribution in [-0.2, 0) is 10.2 Å². The Labute approximate surface area is 121 Å². The predicted molar refractivity (Wildman–Crippen MR) is 77.5 cm³/mol. The number of hydrogen-bond donors (Lipinski definition) is 2. The van der Waals surface area contributed by atoms with E-state index in [1.165, 1.54) is 11.1 Å². The van der Waals surface area contributed by atoms with Crippen molar-refractivity contribution in [1.29, 1.82) is 0 Å². The molecule has 3 rings (SSSR count). The predicted octanol–water partition coefficient (Wildman–Crippen LogP) is 3.03. The highest BCUT2D eigenvalue weighted by Crippen LogP contribution is 2.54. The Hall–Kier alpha value is -0.870. The third kappa shape index (κ3) is 2.21. The zero-order valence-corrected chi connectivity index (χ0v) is 12.4. The van der Waals surface area contributed by atoms with Crippen LogP contribution in [0.2, 0.25) is 0 Å². The summed E-state index contributed by atoms with van der Waals surface area (Å²) in [4.78, 5) is 11.1. The number of benzene rings is 1. The molecule has 19 heavy (non-hydrogen) atoms. The molecule has 1 spiro atoms. The maximum Gasteiger partial charge on any atom is 0.303 e. The molecule has 1 atom stereocenters. The van der Waals surface area contributed by atoms with E-state index in [2.05, 4.69) is 33.4 Å². The maximum absolute atomic E-state index is 11.1. The Morgan fingerprint density at radius 3 is 2.84 bits per heavy atom. The summed E-state index contributed by atoms with van der Waals surface area (Å²) in [7, 11) is 0. The molecule has 1 aliphatic carbocycles. The molecule has 1 fully saturated rings.